The lowest BCUT2D eigenvalue weighted by Gasteiger charge is -2.09. The lowest BCUT2D eigenvalue weighted by atomic mass is 10.1. The molecule has 4 aromatic carbocycles. The van der Waals surface area contributed by atoms with E-state index in [1.807, 2.05) is 54.1 Å². The maximum atomic E-state index is 5.08. The Morgan fingerprint density at radius 3 is 2.33 bits per heavy atom. The average molecular weight is 479 g/mol. The Labute approximate surface area is 210 Å². The van der Waals surface area contributed by atoms with Crippen molar-refractivity contribution in [1.82, 2.24) is 19.5 Å². The molecule has 0 unspecified atom stereocenters. The molecule has 0 spiro atoms. The van der Waals surface area contributed by atoms with Crippen molar-refractivity contribution in [2.45, 2.75) is 0 Å². The summed E-state index contributed by atoms with van der Waals surface area (Å²) in [6.07, 6.45) is 3.71. The maximum absolute atomic E-state index is 5.08. The van der Waals surface area contributed by atoms with Gasteiger partial charge < -0.3 is 0 Å². The van der Waals surface area contributed by atoms with Crippen LogP contribution in [0.1, 0.15) is 0 Å². The van der Waals surface area contributed by atoms with E-state index in [4.69, 9.17) is 15.0 Å². The number of thiophene rings is 1. The third-order valence-corrected chi connectivity index (χ3v) is 8.11. The monoisotopic (exact) mass is 478 g/mol. The Morgan fingerprint density at radius 1 is 0.583 bits per heavy atom. The normalized spacial score (nSPS) is 11.9. The van der Waals surface area contributed by atoms with Gasteiger partial charge in [-0.05, 0) is 18.2 Å². The van der Waals surface area contributed by atoms with Crippen LogP contribution < -0.4 is 0 Å². The van der Waals surface area contributed by atoms with E-state index in [0.717, 1.165) is 38.6 Å². The second-order valence-corrected chi connectivity index (χ2v) is 9.97. The van der Waals surface area contributed by atoms with Crippen LogP contribution in [0.4, 0.5) is 0 Å². The molecular weight excluding hydrogens is 460 g/mol. The fourth-order valence-electron chi connectivity index (χ4n) is 5.33. The number of rotatable bonds is 2. The molecule has 0 aliphatic carbocycles. The molecule has 4 heterocycles. The summed E-state index contributed by atoms with van der Waals surface area (Å²) in [6, 6.07) is 33.8. The zero-order valence-electron chi connectivity index (χ0n) is 19.1. The number of fused-ring (bicyclic) bond motifs is 9. The van der Waals surface area contributed by atoms with Gasteiger partial charge in [0.05, 0.1) is 26.9 Å². The van der Waals surface area contributed by atoms with Crippen LogP contribution in [0.3, 0.4) is 0 Å². The van der Waals surface area contributed by atoms with E-state index in [1.165, 1.54) is 25.6 Å². The van der Waals surface area contributed by atoms with E-state index in [2.05, 4.69) is 71.3 Å². The predicted molar refractivity (Wildman–Crippen MR) is 150 cm³/mol. The molecule has 0 N–H and O–H groups in total. The predicted octanol–water partition coefficient (Wildman–Crippen LogP) is 8.16. The van der Waals surface area contributed by atoms with E-state index in [9.17, 15) is 0 Å². The summed E-state index contributed by atoms with van der Waals surface area (Å²) in [5.41, 5.74) is 5.09. The molecule has 168 valence electrons. The van der Waals surface area contributed by atoms with Crippen molar-refractivity contribution in [2.75, 3.05) is 0 Å². The third kappa shape index (κ3) is 2.72. The molecule has 8 aromatic rings. The van der Waals surface area contributed by atoms with Crippen LogP contribution in [0.2, 0.25) is 0 Å². The number of aromatic nitrogens is 4. The van der Waals surface area contributed by atoms with Crippen molar-refractivity contribution in [1.29, 1.82) is 0 Å². The number of nitrogens with zero attached hydrogens (tertiary/aromatic N) is 4. The SMILES string of the molecule is c1ccc(-c2ccnc(-n3c4c(ccc5cccnc54)c4ccc5c6ccccc6sc5c43)n2)cc1. The number of hydrogen-bond donors (Lipinski definition) is 0. The highest BCUT2D eigenvalue weighted by molar-refractivity contribution is 7.26. The summed E-state index contributed by atoms with van der Waals surface area (Å²) in [7, 11) is 0. The van der Waals surface area contributed by atoms with Crippen LogP contribution >= 0.6 is 11.3 Å². The second kappa shape index (κ2) is 7.44. The van der Waals surface area contributed by atoms with Crippen molar-refractivity contribution in [3.63, 3.8) is 0 Å². The number of hydrogen-bond acceptors (Lipinski definition) is 4. The van der Waals surface area contributed by atoms with Crippen molar-refractivity contribution < 1.29 is 0 Å². The Hall–Kier alpha value is -4.61. The molecule has 4 nitrogen and oxygen atoms in total. The molecule has 36 heavy (non-hydrogen) atoms. The van der Waals surface area contributed by atoms with Gasteiger partial charge in [-0.3, -0.25) is 9.55 Å². The van der Waals surface area contributed by atoms with E-state index in [-0.39, 0.29) is 0 Å². The van der Waals surface area contributed by atoms with Crippen LogP contribution in [0.25, 0.3) is 70.1 Å². The van der Waals surface area contributed by atoms with Crippen LogP contribution in [-0.2, 0) is 0 Å². The van der Waals surface area contributed by atoms with Crippen molar-refractivity contribution in [3.8, 4) is 17.2 Å². The van der Waals surface area contributed by atoms with Crippen LogP contribution in [0.5, 0.6) is 0 Å². The van der Waals surface area contributed by atoms with Crippen LogP contribution in [0, 0.1) is 0 Å². The minimum Gasteiger partial charge on any atom is -0.274 e. The van der Waals surface area contributed by atoms with E-state index in [1.54, 1.807) is 0 Å². The van der Waals surface area contributed by atoms with Crippen LogP contribution in [-0.4, -0.2) is 19.5 Å². The fraction of sp³-hybridized carbons (Fsp3) is 0. The van der Waals surface area contributed by atoms with Gasteiger partial charge in [0.15, 0.2) is 0 Å². The Bertz CT molecular complexity index is 2100. The van der Waals surface area contributed by atoms with Gasteiger partial charge in [-0.15, -0.1) is 11.3 Å². The fourth-order valence-corrected chi connectivity index (χ4v) is 6.57. The highest BCUT2D eigenvalue weighted by atomic mass is 32.1. The Balaban J connectivity index is 1.59. The molecule has 0 saturated carbocycles. The molecule has 0 radical (unpaired) electrons. The van der Waals surface area contributed by atoms with E-state index in [0.29, 0.717) is 5.95 Å². The molecule has 0 saturated heterocycles. The third-order valence-electron chi connectivity index (χ3n) is 6.92. The first kappa shape index (κ1) is 19.7. The van der Waals surface area contributed by atoms with Crippen molar-refractivity contribution in [2.24, 2.45) is 0 Å². The topological polar surface area (TPSA) is 43.6 Å². The highest BCUT2D eigenvalue weighted by Crippen LogP contribution is 2.43. The molecule has 0 aliphatic heterocycles. The molecule has 0 fully saturated rings. The first-order chi connectivity index (χ1) is 17.9. The summed E-state index contributed by atoms with van der Waals surface area (Å²) in [6.45, 7) is 0. The lowest BCUT2D eigenvalue weighted by Crippen LogP contribution is -2.02. The minimum absolute atomic E-state index is 0.652. The molecule has 5 heteroatoms. The van der Waals surface area contributed by atoms with Crippen molar-refractivity contribution in [3.05, 3.63) is 109 Å². The zero-order chi connectivity index (χ0) is 23.6. The smallest absolute Gasteiger partial charge is 0.235 e. The summed E-state index contributed by atoms with van der Waals surface area (Å²) < 4.78 is 4.74. The van der Waals surface area contributed by atoms with Gasteiger partial charge >= 0.3 is 0 Å². The molecular formula is C31H18N4S. The standard InChI is InChI=1S/C31H18N4S/c1-2-7-19(8-3-1)25-16-18-33-31(34-25)35-28-22(13-12-20-9-6-17-32-27(20)28)23-14-15-24-21-10-4-5-11-26(21)36-30(24)29(23)35/h1-18H. The summed E-state index contributed by atoms with van der Waals surface area (Å²) in [5, 5.41) is 5.97. The van der Waals surface area contributed by atoms with E-state index >= 15 is 0 Å². The lowest BCUT2D eigenvalue weighted by molar-refractivity contribution is 0.996. The molecule has 0 bridgehead atoms. The number of pyridine rings is 1. The first-order valence-corrected chi connectivity index (χ1v) is 12.7. The largest absolute Gasteiger partial charge is 0.274 e. The molecule has 0 atom stereocenters. The van der Waals surface area contributed by atoms with Gasteiger partial charge in [-0.1, -0.05) is 78.9 Å². The number of benzene rings is 4. The molecule has 4 aromatic heterocycles. The highest BCUT2D eigenvalue weighted by Gasteiger charge is 2.21. The van der Waals surface area contributed by atoms with Gasteiger partial charge in [-0.25, -0.2) is 9.97 Å². The zero-order valence-corrected chi connectivity index (χ0v) is 19.9. The Morgan fingerprint density at radius 2 is 1.39 bits per heavy atom. The summed E-state index contributed by atoms with van der Waals surface area (Å²) in [5.74, 6) is 0.652. The van der Waals surface area contributed by atoms with E-state index < -0.39 is 0 Å². The maximum Gasteiger partial charge on any atom is 0.235 e. The van der Waals surface area contributed by atoms with Gasteiger partial charge in [0, 0.05) is 49.6 Å². The summed E-state index contributed by atoms with van der Waals surface area (Å²) in [4.78, 5) is 14.7. The van der Waals surface area contributed by atoms with Crippen molar-refractivity contribution >= 4 is 64.2 Å². The quantitative estimate of drug-likeness (QED) is 0.252. The molecule has 0 aliphatic rings. The summed E-state index contributed by atoms with van der Waals surface area (Å²) >= 11 is 1.82. The first-order valence-electron chi connectivity index (χ1n) is 11.9. The minimum atomic E-state index is 0.652. The van der Waals surface area contributed by atoms with Gasteiger partial charge in [0.1, 0.15) is 0 Å². The van der Waals surface area contributed by atoms with Gasteiger partial charge in [-0.2, -0.15) is 0 Å². The van der Waals surface area contributed by atoms with Crippen LogP contribution in [0.15, 0.2) is 109 Å². The molecule has 0 amide bonds. The Kier molecular flexibility index (Phi) is 4.07. The average Bonchev–Trinajstić information content (AvgIpc) is 3.50. The second-order valence-electron chi connectivity index (χ2n) is 8.92. The van der Waals surface area contributed by atoms with Gasteiger partial charge in [0.25, 0.3) is 0 Å². The van der Waals surface area contributed by atoms with Gasteiger partial charge in [0.2, 0.25) is 5.95 Å². The molecule has 8 rings (SSSR count).